The molecule has 6 nitrogen and oxygen atoms in total. The molecule has 104 valence electrons. The van der Waals surface area contributed by atoms with Gasteiger partial charge in [-0.1, -0.05) is 18.2 Å². The Kier molecular flexibility index (Phi) is 4.49. The van der Waals surface area contributed by atoms with Gasteiger partial charge in [-0.25, -0.2) is 4.79 Å². The number of urea groups is 1. The van der Waals surface area contributed by atoms with Gasteiger partial charge in [0.05, 0.1) is 0 Å². The number of benzene rings is 1. The fourth-order valence-corrected chi connectivity index (χ4v) is 1.55. The van der Waals surface area contributed by atoms with Gasteiger partial charge >= 0.3 is 6.03 Å². The van der Waals surface area contributed by atoms with E-state index in [1.807, 2.05) is 44.2 Å². The maximum Gasteiger partial charge on any atom is 0.320 e. The first-order valence-electron chi connectivity index (χ1n) is 6.37. The van der Waals surface area contributed by atoms with E-state index >= 15 is 0 Å². The minimum Gasteiger partial charge on any atom is -0.339 e. The molecule has 0 spiro atoms. The topological polar surface area (TPSA) is 78.9 Å². The molecule has 0 aliphatic carbocycles. The van der Waals surface area contributed by atoms with Crippen molar-refractivity contribution in [3.8, 4) is 0 Å². The quantitative estimate of drug-likeness (QED) is 0.799. The van der Waals surface area contributed by atoms with Crippen molar-refractivity contribution in [2.24, 2.45) is 0 Å². The van der Waals surface area contributed by atoms with Crippen LogP contribution in [0.4, 0.5) is 22.1 Å². The molecule has 6 heteroatoms. The fourth-order valence-electron chi connectivity index (χ4n) is 1.55. The summed E-state index contributed by atoms with van der Waals surface area (Å²) in [5, 5.41) is 16.4. The summed E-state index contributed by atoms with van der Waals surface area (Å²) >= 11 is 0. The normalized spacial score (nSPS) is 10.2. The van der Waals surface area contributed by atoms with Gasteiger partial charge in [0.25, 0.3) is 0 Å². The summed E-state index contributed by atoms with van der Waals surface area (Å²) in [5.41, 5.74) is 0.931. The van der Waals surface area contributed by atoms with Gasteiger partial charge in [0, 0.05) is 11.7 Å². The van der Waals surface area contributed by atoms with Crippen molar-refractivity contribution < 1.29 is 4.79 Å². The maximum absolute atomic E-state index is 11.5. The SMILES string of the molecule is CC(C)NC(=O)Nc1ccc(Nc2ccccc2)nn1. The summed E-state index contributed by atoms with van der Waals surface area (Å²) in [6, 6.07) is 12.9. The van der Waals surface area contributed by atoms with Gasteiger partial charge in [0.2, 0.25) is 0 Å². The van der Waals surface area contributed by atoms with Crippen molar-refractivity contribution in [2.75, 3.05) is 10.6 Å². The fraction of sp³-hybridized carbons (Fsp3) is 0.214. The Labute approximate surface area is 117 Å². The van der Waals surface area contributed by atoms with Gasteiger partial charge in [-0.3, -0.25) is 5.32 Å². The van der Waals surface area contributed by atoms with Crippen LogP contribution in [0.25, 0.3) is 0 Å². The second-order valence-corrected chi connectivity index (χ2v) is 4.55. The number of hydrogen-bond donors (Lipinski definition) is 3. The zero-order valence-electron chi connectivity index (χ0n) is 11.4. The van der Waals surface area contributed by atoms with Crippen LogP contribution in [-0.2, 0) is 0 Å². The molecule has 1 heterocycles. The molecule has 3 N–H and O–H groups in total. The number of carbonyl (C=O) groups excluding carboxylic acids is 1. The molecule has 0 bridgehead atoms. The van der Waals surface area contributed by atoms with Crippen molar-refractivity contribution in [3.63, 3.8) is 0 Å². The molecule has 0 atom stereocenters. The highest BCUT2D eigenvalue weighted by Crippen LogP contribution is 2.13. The summed E-state index contributed by atoms with van der Waals surface area (Å²) in [4.78, 5) is 11.5. The summed E-state index contributed by atoms with van der Waals surface area (Å²) < 4.78 is 0. The van der Waals surface area contributed by atoms with Crippen molar-refractivity contribution in [1.82, 2.24) is 15.5 Å². The number of anilines is 3. The average molecular weight is 271 g/mol. The molecule has 0 unspecified atom stereocenters. The maximum atomic E-state index is 11.5. The second-order valence-electron chi connectivity index (χ2n) is 4.55. The van der Waals surface area contributed by atoms with Crippen LogP contribution in [0.15, 0.2) is 42.5 Å². The van der Waals surface area contributed by atoms with Crippen LogP contribution < -0.4 is 16.0 Å². The zero-order chi connectivity index (χ0) is 14.4. The first kappa shape index (κ1) is 13.8. The molecule has 1 aromatic heterocycles. The van der Waals surface area contributed by atoms with E-state index in [-0.39, 0.29) is 12.1 Å². The van der Waals surface area contributed by atoms with Crippen LogP contribution in [0.1, 0.15) is 13.8 Å². The van der Waals surface area contributed by atoms with Gasteiger partial charge in [-0.05, 0) is 38.1 Å². The minimum atomic E-state index is -0.293. The highest BCUT2D eigenvalue weighted by molar-refractivity contribution is 5.88. The van der Waals surface area contributed by atoms with Crippen LogP contribution >= 0.6 is 0 Å². The average Bonchev–Trinajstić information content (AvgIpc) is 2.41. The van der Waals surface area contributed by atoms with Crippen LogP contribution in [0.5, 0.6) is 0 Å². The highest BCUT2D eigenvalue weighted by Gasteiger charge is 2.04. The molecule has 2 amide bonds. The van der Waals surface area contributed by atoms with E-state index in [9.17, 15) is 4.79 Å². The lowest BCUT2D eigenvalue weighted by atomic mass is 10.3. The Morgan fingerprint density at radius 2 is 1.65 bits per heavy atom. The molecule has 2 aromatic rings. The standard InChI is InChI=1S/C14H17N5O/c1-10(2)15-14(20)17-13-9-8-12(18-19-13)16-11-6-4-3-5-7-11/h3-10H,1-2H3,(H,16,18)(H2,15,17,19,20). The lowest BCUT2D eigenvalue weighted by Gasteiger charge is -2.09. The number of hydrogen-bond acceptors (Lipinski definition) is 4. The number of nitrogens with one attached hydrogen (secondary N) is 3. The van der Waals surface area contributed by atoms with Gasteiger partial charge in [0.1, 0.15) is 0 Å². The monoisotopic (exact) mass is 271 g/mol. The number of para-hydroxylation sites is 1. The molecule has 1 aromatic carbocycles. The number of rotatable bonds is 4. The lowest BCUT2D eigenvalue weighted by molar-refractivity contribution is 0.250. The Bertz CT molecular complexity index is 554. The van der Waals surface area contributed by atoms with E-state index in [1.165, 1.54) is 0 Å². The van der Waals surface area contributed by atoms with Crippen LogP contribution in [-0.4, -0.2) is 22.3 Å². The summed E-state index contributed by atoms with van der Waals surface area (Å²) in [6.45, 7) is 3.77. The van der Waals surface area contributed by atoms with E-state index < -0.39 is 0 Å². The smallest absolute Gasteiger partial charge is 0.320 e. The first-order chi connectivity index (χ1) is 9.63. The molecule has 0 saturated heterocycles. The zero-order valence-corrected chi connectivity index (χ0v) is 11.4. The van der Waals surface area contributed by atoms with Crippen molar-refractivity contribution in [2.45, 2.75) is 19.9 Å². The molecular formula is C14H17N5O. The summed E-state index contributed by atoms with van der Waals surface area (Å²) in [5.74, 6) is 1.02. The van der Waals surface area contributed by atoms with Crippen LogP contribution in [0.2, 0.25) is 0 Å². The Hall–Kier alpha value is -2.63. The largest absolute Gasteiger partial charge is 0.339 e. The minimum absolute atomic E-state index is 0.0713. The van der Waals surface area contributed by atoms with Crippen LogP contribution in [0.3, 0.4) is 0 Å². The van der Waals surface area contributed by atoms with Crippen molar-refractivity contribution in [3.05, 3.63) is 42.5 Å². The highest BCUT2D eigenvalue weighted by atomic mass is 16.2. The molecule has 0 aliphatic rings. The van der Waals surface area contributed by atoms with Gasteiger partial charge in [0.15, 0.2) is 11.6 Å². The van der Waals surface area contributed by atoms with Gasteiger partial charge in [-0.15, -0.1) is 10.2 Å². The summed E-state index contributed by atoms with van der Waals surface area (Å²) in [6.07, 6.45) is 0. The Morgan fingerprint density at radius 1 is 1.00 bits per heavy atom. The molecule has 0 aliphatic heterocycles. The van der Waals surface area contributed by atoms with E-state index in [4.69, 9.17) is 0 Å². The molecule has 0 radical (unpaired) electrons. The number of nitrogens with zero attached hydrogens (tertiary/aromatic N) is 2. The Morgan fingerprint density at radius 3 is 2.25 bits per heavy atom. The number of carbonyl (C=O) groups is 1. The molecule has 0 saturated carbocycles. The van der Waals surface area contributed by atoms with E-state index in [0.717, 1.165) is 5.69 Å². The van der Waals surface area contributed by atoms with E-state index in [0.29, 0.717) is 11.6 Å². The second kappa shape index (κ2) is 6.51. The van der Waals surface area contributed by atoms with Gasteiger partial charge in [-0.2, -0.15) is 0 Å². The van der Waals surface area contributed by atoms with Crippen molar-refractivity contribution in [1.29, 1.82) is 0 Å². The molecule has 20 heavy (non-hydrogen) atoms. The summed E-state index contributed by atoms with van der Waals surface area (Å²) in [7, 11) is 0. The molecule has 0 fully saturated rings. The first-order valence-corrected chi connectivity index (χ1v) is 6.37. The molecular weight excluding hydrogens is 254 g/mol. The van der Waals surface area contributed by atoms with E-state index in [1.54, 1.807) is 12.1 Å². The number of aromatic nitrogens is 2. The van der Waals surface area contributed by atoms with E-state index in [2.05, 4.69) is 26.1 Å². The third-order valence-electron chi connectivity index (χ3n) is 2.37. The van der Waals surface area contributed by atoms with Gasteiger partial charge < -0.3 is 10.6 Å². The van der Waals surface area contributed by atoms with Crippen molar-refractivity contribution >= 4 is 23.4 Å². The molecule has 2 rings (SSSR count). The predicted octanol–water partition coefficient (Wildman–Crippen LogP) is 2.75. The van der Waals surface area contributed by atoms with Crippen LogP contribution in [0, 0.1) is 0 Å². The lowest BCUT2D eigenvalue weighted by Crippen LogP contribution is -2.34. The predicted molar refractivity (Wildman–Crippen MR) is 79.0 cm³/mol. The number of amides is 2. The third-order valence-corrected chi connectivity index (χ3v) is 2.37. The Balaban J connectivity index is 1.94. The third kappa shape index (κ3) is 4.24.